The Balaban J connectivity index is 1.88. The van der Waals surface area contributed by atoms with Gasteiger partial charge in [-0.1, -0.05) is 320 Å². The zero-order chi connectivity index (χ0) is 63.7. The number of amides is 1. The Morgan fingerprint density at radius 2 is 0.727 bits per heavy atom. The molecule has 11 heteroatoms. The molecule has 6 N–H and O–H groups in total. The Kier molecular flexibility index (Phi) is 63.2. The molecule has 7 unspecified atom stereocenters. The van der Waals surface area contributed by atoms with E-state index in [9.17, 15) is 35.1 Å². The van der Waals surface area contributed by atoms with Gasteiger partial charge in [0.2, 0.25) is 5.91 Å². The molecular formula is C77H145NO10. The number of ether oxygens (including phenoxy) is 3. The molecule has 1 fully saturated rings. The smallest absolute Gasteiger partial charge is 0.305 e. The summed E-state index contributed by atoms with van der Waals surface area (Å²) in [5, 5.41) is 54.4. The number of aliphatic hydroxyl groups is 5. The van der Waals surface area contributed by atoms with Crippen molar-refractivity contribution in [2.45, 2.75) is 423 Å². The number of esters is 1. The summed E-state index contributed by atoms with van der Waals surface area (Å²) in [6.45, 7) is 4.36. The third-order valence-electron chi connectivity index (χ3n) is 18.2. The lowest BCUT2D eigenvalue weighted by Crippen LogP contribution is -2.60. The molecule has 88 heavy (non-hydrogen) atoms. The predicted octanol–water partition coefficient (Wildman–Crippen LogP) is 20.1. The number of carbonyl (C=O) groups excluding carboxylic acids is 2. The quantitative estimate of drug-likeness (QED) is 0.0195. The highest BCUT2D eigenvalue weighted by Gasteiger charge is 2.44. The molecule has 0 saturated carbocycles. The first kappa shape index (κ1) is 83.9. The Morgan fingerprint density at radius 3 is 1.09 bits per heavy atom. The van der Waals surface area contributed by atoms with E-state index >= 15 is 0 Å². The normalized spacial score (nSPS) is 17.9. The van der Waals surface area contributed by atoms with E-state index in [1.807, 2.05) is 6.08 Å². The molecule has 0 bridgehead atoms. The lowest BCUT2D eigenvalue weighted by atomic mass is 9.99. The van der Waals surface area contributed by atoms with Crippen molar-refractivity contribution < 1.29 is 49.3 Å². The summed E-state index contributed by atoms with van der Waals surface area (Å²) in [4.78, 5) is 25.2. The second-order valence-electron chi connectivity index (χ2n) is 26.7. The summed E-state index contributed by atoms with van der Waals surface area (Å²) in [6, 6.07) is -0.807. The zero-order valence-electron chi connectivity index (χ0n) is 57.7. The molecule has 0 aliphatic carbocycles. The summed E-state index contributed by atoms with van der Waals surface area (Å²) in [6.07, 6.45) is 76.0. The number of hydrogen-bond acceptors (Lipinski definition) is 10. The van der Waals surface area contributed by atoms with Crippen LogP contribution in [-0.4, -0.2) is 100 Å². The first-order chi connectivity index (χ1) is 43.2. The second kappa shape index (κ2) is 66.3. The Labute approximate surface area is 543 Å². The van der Waals surface area contributed by atoms with Crippen molar-refractivity contribution in [2.75, 3.05) is 19.8 Å². The minimum absolute atomic E-state index is 0.00860. The lowest BCUT2D eigenvalue weighted by Gasteiger charge is -2.40. The van der Waals surface area contributed by atoms with Crippen LogP contribution in [0.15, 0.2) is 36.5 Å². The number of unbranched alkanes of at least 4 members (excludes halogenated alkanes) is 50. The fourth-order valence-electron chi connectivity index (χ4n) is 12.2. The molecule has 1 aliphatic heterocycles. The van der Waals surface area contributed by atoms with Gasteiger partial charge in [0.05, 0.1) is 32.0 Å². The van der Waals surface area contributed by atoms with E-state index in [-0.39, 0.29) is 18.5 Å². The van der Waals surface area contributed by atoms with Gasteiger partial charge in [-0.3, -0.25) is 9.59 Å². The Bertz CT molecular complexity index is 1560. The maximum atomic E-state index is 13.0. The van der Waals surface area contributed by atoms with Crippen molar-refractivity contribution in [2.24, 2.45) is 0 Å². The molecule has 11 nitrogen and oxygen atoms in total. The Morgan fingerprint density at radius 1 is 0.409 bits per heavy atom. The molecule has 0 aromatic heterocycles. The van der Waals surface area contributed by atoms with Crippen LogP contribution < -0.4 is 5.32 Å². The number of allylic oxidation sites excluding steroid dienone is 5. The standard InChI is InChI=1S/C77H145NO10/c1-3-5-7-9-11-13-15-16-17-35-39-42-45-49-53-57-61-65-73(82)86-66-62-58-54-50-46-43-40-37-34-32-30-28-26-24-22-20-18-19-21-23-25-27-29-31-33-36-38-41-44-48-52-56-60-64-72(81)78-69(68-87-77-76(85)75(84)74(83)71(67-79)88-77)70(80)63-59-55-51-47-14-12-10-8-6-4-2/h16-17,22,24,59,63,69-71,74-77,79-80,83-85H,3-15,18-21,23,25-58,60-62,64-68H2,1-2H3,(H,78,81)/b17-16-,24-22-,63-59+. The number of carbonyl (C=O) groups is 2. The lowest BCUT2D eigenvalue weighted by molar-refractivity contribution is -0.302. The summed E-state index contributed by atoms with van der Waals surface area (Å²) in [5.74, 6) is -0.170. The van der Waals surface area contributed by atoms with E-state index in [1.54, 1.807) is 6.08 Å². The topological polar surface area (TPSA) is 175 Å². The highest BCUT2D eigenvalue weighted by molar-refractivity contribution is 5.76. The van der Waals surface area contributed by atoms with E-state index < -0.39 is 49.5 Å². The van der Waals surface area contributed by atoms with Crippen LogP contribution >= 0.6 is 0 Å². The van der Waals surface area contributed by atoms with Gasteiger partial charge in [0, 0.05) is 12.8 Å². The van der Waals surface area contributed by atoms with Gasteiger partial charge in [-0.15, -0.1) is 0 Å². The van der Waals surface area contributed by atoms with Gasteiger partial charge >= 0.3 is 5.97 Å². The van der Waals surface area contributed by atoms with Crippen LogP contribution in [0.5, 0.6) is 0 Å². The molecular weight excluding hydrogens is 1100 g/mol. The largest absolute Gasteiger partial charge is 0.466 e. The van der Waals surface area contributed by atoms with Crippen LogP contribution in [0, 0.1) is 0 Å². The zero-order valence-corrected chi connectivity index (χ0v) is 57.7. The van der Waals surface area contributed by atoms with Crippen LogP contribution in [0.3, 0.4) is 0 Å². The molecule has 1 heterocycles. The molecule has 1 rings (SSSR count). The van der Waals surface area contributed by atoms with Gasteiger partial charge in [0.25, 0.3) is 0 Å². The van der Waals surface area contributed by atoms with Crippen molar-refractivity contribution >= 4 is 11.9 Å². The Hall–Kier alpha value is -2.12. The SMILES string of the molecule is CCCCCCCC/C=C\CCCCCCCCCC(=O)OCCCCCCCCCCCCCC/C=C\CCCCCCCCCCCCCCCCCCCC(=O)NC(COC1OC(CO)C(O)C(O)C1O)C(O)/C=C/CCCCCCCCCC. The van der Waals surface area contributed by atoms with E-state index in [0.717, 1.165) is 57.8 Å². The van der Waals surface area contributed by atoms with Crippen molar-refractivity contribution in [3.63, 3.8) is 0 Å². The van der Waals surface area contributed by atoms with E-state index in [0.29, 0.717) is 19.4 Å². The number of rotatable bonds is 68. The average Bonchev–Trinajstić information content (AvgIpc) is 1.96. The minimum Gasteiger partial charge on any atom is -0.466 e. The number of nitrogens with one attached hydrogen (secondary N) is 1. The van der Waals surface area contributed by atoms with Crippen molar-refractivity contribution in [1.82, 2.24) is 5.32 Å². The van der Waals surface area contributed by atoms with Crippen molar-refractivity contribution in [3.05, 3.63) is 36.5 Å². The van der Waals surface area contributed by atoms with Gasteiger partial charge in [0.1, 0.15) is 24.4 Å². The molecule has 7 atom stereocenters. The summed E-state index contributed by atoms with van der Waals surface area (Å²) in [5.41, 5.74) is 0. The van der Waals surface area contributed by atoms with Crippen LogP contribution in [0.1, 0.15) is 380 Å². The van der Waals surface area contributed by atoms with E-state index in [1.165, 1.54) is 295 Å². The average molecular weight is 1250 g/mol. The van der Waals surface area contributed by atoms with Gasteiger partial charge < -0.3 is 45.1 Å². The fourth-order valence-corrected chi connectivity index (χ4v) is 12.2. The first-order valence-electron chi connectivity index (χ1n) is 38.3. The number of hydrogen-bond donors (Lipinski definition) is 6. The fraction of sp³-hybridized carbons (Fsp3) is 0.896. The molecule has 0 spiro atoms. The van der Waals surface area contributed by atoms with Crippen molar-refractivity contribution in [3.8, 4) is 0 Å². The van der Waals surface area contributed by atoms with Crippen LogP contribution in [0.4, 0.5) is 0 Å². The van der Waals surface area contributed by atoms with Crippen molar-refractivity contribution in [1.29, 1.82) is 0 Å². The van der Waals surface area contributed by atoms with Crippen LogP contribution in [0.2, 0.25) is 0 Å². The molecule has 0 aromatic rings. The monoisotopic (exact) mass is 1240 g/mol. The maximum Gasteiger partial charge on any atom is 0.305 e. The maximum absolute atomic E-state index is 13.0. The molecule has 1 saturated heterocycles. The van der Waals surface area contributed by atoms with E-state index in [4.69, 9.17) is 14.2 Å². The second-order valence-corrected chi connectivity index (χ2v) is 26.7. The van der Waals surface area contributed by atoms with Gasteiger partial charge in [0.15, 0.2) is 6.29 Å². The first-order valence-corrected chi connectivity index (χ1v) is 38.3. The predicted molar refractivity (Wildman–Crippen MR) is 371 cm³/mol. The molecule has 518 valence electrons. The summed E-state index contributed by atoms with van der Waals surface area (Å²) in [7, 11) is 0. The van der Waals surface area contributed by atoms with Crippen LogP contribution in [-0.2, 0) is 23.8 Å². The summed E-state index contributed by atoms with van der Waals surface area (Å²) < 4.78 is 16.7. The summed E-state index contributed by atoms with van der Waals surface area (Å²) >= 11 is 0. The molecule has 1 aliphatic rings. The van der Waals surface area contributed by atoms with Gasteiger partial charge in [-0.25, -0.2) is 0 Å². The minimum atomic E-state index is -1.57. The highest BCUT2D eigenvalue weighted by atomic mass is 16.7. The molecule has 0 aromatic carbocycles. The third kappa shape index (κ3) is 54.4. The number of aliphatic hydroxyl groups excluding tert-OH is 5. The highest BCUT2D eigenvalue weighted by Crippen LogP contribution is 2.24. The molecule has 1 amide bonds. The van der Waals surface area contributed by atoms with Gasteiger partial charge in [-0.05, 0) is 83.5 Å². The van der Waals surface area contributed by atoms with Crippen LogP contribution in [0.25, 0.3) is 0 Å². The van der Waals surface area contributed by atoms with Gasteiger partial charge in [-0.2, -0.15) is 0 Å². The third-order valence-corrected chi connectivity index (χ3v) is 18.2. The van der Waals surface area contributed by atoms with E-state index in [2.05, 4.69) is 43.5 Å². The molecule has 0 radical (unpaired) electrons.